The zero-order valence-corrected chi connectivity index (χ0v) is 21.2. The number of carbonyl (C=O) groups excluding carboxylic acids is 1. The summed E-state index contributed by atoms with van der Waals surface area (Å²) < 4.78 is 0. The molecule has 0 aliphatic carbocycles. The van der Waals surface area contributed by atoms with Crippen LogP contribution in [0.1, 0.15) is 39.5 Å². The molecule has 6 rings (SSSR count). The Bertz CT molecular complexity index is 1580. The third kappa shape index (κ3) is 4.67. The van der Waals surface area contributed by atoms with Gasteiger partial charge >= 0.3 is 0 Å². The second-order valence-corrected chi connectivity index (χ2v) is 10.2. The smallest absolute Gasteiger partial charge is 0.224 e. The van der Waals surface area contributed by atoms with Crippen LogP contribution < -0.4 is 10.2 Å². The van der Waals surface area contributed by atoms with E-state index in [-0.39, 0.29) is 5.91 Å². The molecule has 8 heteroatoms. The first-order valence-electron chi connectivity index (χ1n) is 13.0. The first kappa shape index (κ1) is 23.2. The van der Waals surface area contributed by atoms with Gasteiger partial charge in [-0.15, -0.1) is 0 Å². The van der Waals surface area contributed by atoms with Crippen LogP contribution in [0.2, 0.25) is 0 Å². The standard InChI is InChI=1S/C29H31N7O/c1-18(2)13-26(37)31-21-14-20(16-30-17-21)19-9-10-23-22(15-19)27(35-34-23)29-32-24-7-6-8-25(28(24)33-29)36-11-4-3-5-12-36/h6-10,14-18H,3-5,11-13H2,1-2H3,(H,31,37)(H,32,33)(H,34,35). The summed E-state index contributed by atoms with van der Waals surface area (Å²) in [6.45, 7) is 6.20. The van der Waals surface area contributed by atoms with E-state index < -0.39 is 0 Å². The molecule has 0 radical (unpaired) electrons. The number of amides is 1. The fourth-order valence-corrected chi connectivity index (χ4v) is 5.14. The summed E-state index contributed by atoms with van der Waals surface area (Å²) in [5.74, 6) is 1.04. The van der Waals surface area contributed by atoms with Crippen LogP contribution >= 0.6 is 0 Å². The molecule has 1 amide bonds. The van der Waals surface area contributed by atoms with Crippen molar-refractivity contribution in [1.82, 2.24) is 25.1 Å². The summed E-state index contributed by atoms with van der Waals surface area (Å²) in [6, 6.07) is 14.4. The number of imidazole rings is 1. The van der Waals surface area contributed by atoms with Gasteiger partial charge in [0.25, 0.3) is 0 Å². The van der Waals surface area contributed by atoms with Crippen molar-refractivity contribution in [3.63, 3.8) is 0 Å². The van der Waals surface area contributed by atoms with Gasteiger partial charge in [0.05, 0.1) is 28.6 Å². The largest absolute Gasteiger partial charge is 0.370 e. The lowest BCUT2D eigenvalue weighted by Crippen LogP contribution is -2.29. The Balaban J connectivity index is 1.35. The number of anilines is 2. The molecule has 0 saturated carbocycles. The van der Waals surface area contributed by atoms with Crippen molar-refractivity contribution < 1.29 is 4.79 Å². The van der Waals surface area contributed by atoms with Gasteiger partial charge in [-0.3, -0.25) is 14.9 Å². The molecule has 8 nitrogen and oxygen atoms in total. The van der Waals surface area contributed by atoms with Crippen molar-refractivity contribution in [2.45, 2.75) is 39.5 Å². The third-order valence-electron chi connectivity index (χ3n) is 6.92. The summed E-state index contributed by atoms with van der Waals surface area (Å²) in [7, 11) is 0. The molecule has 0 unspecified atom stereocenters. The number of H-pyrrole nitrogens is 2. The molecule has 3 aromatic heterocycles. The van der Waals surface area contributed by atoms with E-state index in [1.165, 1.54) is 24.9 Å². The van der Waals surface area contributed by atoms with Crippen molar-refractivity contribution in [2.24, 2.45) is 5.92 Å². The second-order valence-electron chi connectivity index (χ2n) is 10.2. The number of pyridine rings is 1. The van der Waals surface area contributed by atoms with Gasteiger partial charge in [-0.05, 0) is 61.1 Å². The van der Waals surface area contributed by atoms with Gasteiger partial charge < -0.3 is 15.2 Å². The summed E-state index contributed by atoms with van der Waals surface area (Å²) in [5, 5.41) is 11.7. The number of aromatic nitrogens is 5. The van der Waals surface area contributed by atoms with Crippen LogP contribution in [0.25, 0.3) is 44.6 Å². The highest BCUT2D eigenvalue weighted by molar-refractivity contribution is 5.98. The van der Waals surface area contributed by atoms with Crippen LogP contribution in [0.3, 0.4) is 0 Å². The van der Waals surface area contributed by atoms with Gasteiger partial charge in [0.15, 0.2) is 5.82 Å². The molecule has 1 aliphatic rings. The average Bonchev–Trinajstić information content (AvgIpc) is 3.52. The third-order valence-corrected chi connectivity index (χ3v) is 6.92. The molecule has 1 fully saturated rings. The molecule has 4 heterocycles. The summed E-state index contributed by atoms with van der Waals surface area (Å²) in [6.07, 6.45) is 7.70. The normalized spacial score (nSPS) is 14.1. The Morgan fingerprint density at radius 2 is 1.89 bits per heavy atom. The number of hydrogen-bond donors (Lipinski definition) is 3. The van der Waals surface area contributed by atoms with Gasteiger partial charge in [0.1, 0.15) is 11.2 Å². The number of fused-ring (bicyclic) bond motifs is 2. The second kappa shape index (κ2) is 9.69. The van der Waals surface area contributed by atoms with Gasteiger partial charge in [-0.2, -0.15) is 5.10 Å². The van der Waals surface area contributed by atoms with E-state index in [9.17, 15) is 4.79 Å². The maximum Gasteiger partial charge on any atom is 0.224 e. The minimum absolute atomic E-state index is 0.00432. The number of carbonyl (C=O) groups is 1. The number of nitrogens with one attached hydrogen (secondary N) is 3. The van der Waals surface area contributed by atoms with Crippen molar-refractivity contribution >= 4 is 39.2 Å². The molecule has 37 heavy (non-hydrogen) atoms. The molecule has 3 N–H and O–H groups in total. The van der Waals surface area contributed by atoms with Crippen LogP contribution in [-0.2, 0) is 4.79 Å². The topological polar surface area (TPSA) is 103 Å². The highest BCUT2D eigenvalue weighted by Crippen LogP contribution is 2.33. The highest BCUT2D eigenvalue weighted by atomic mass is 16.1. The van der Waals surface area contributed by atoms with Crippen LogP contribution in [0.5, 0.6) is 0 Å². The lowest BCUT2D eigenvalue weighted by atomic mass is 10.0. The van der Waals surface area contributed by atoms with Crippen LogP contribution in [0.4, 0.5) is 11.4 Å². The highest BCUT2D eigenvalue weighted by Gasteiger charge is 2.19. The summed E-state index contributed by atoms with van der Waals surface area (Å²) in [4.78, 5) is 27.6. The van der Waals surface area contributed by atoms with E-state index in [1.807, 2.05) is 38.2 Å². The minimum Gasteiger partial charge on any atom is -0.370 e. The maximum absolute atomic E-state index is 12.2. The fraction of sp³-hybridized carbons (Fsp3) is 0.310. The molecule has 1 aliphatic heterocycles. The fourth-order valence-electron chi connectivity index (χ4n) is 5.14. The van der Waals surface area contributed by atoms with Crippen molar-refractivity contribution in [3.8, 4) is 22.6 Å². The number of aromatic amines is 2. The van der Waals surface area contributed by atoms with E-state index in [0.29, 0.717) is 18.0 Å². The summed E-state index contributed by atoms with van der Waals surface area (Å²) in [5.41, 5.74) is 7.51. The number of rotatable bonds is 6. The van der Waals surface area contributed by atoms with E-state index in [4.69, 9.17) is 4.98 Å². The molecular formula is C29H31N7O. The maximum atomic E-state index is 12.2. The molecule has 5 aromatic rings. The average molecular weight is 494 g/mol. The van der Waals surface area contributed by atoms with Crippen molar-refractivity contribution in [1.29, 1.82) is 0 Å². The van der Waals surface area contributed by atoms with E-state index >= 15 is 0 Å². The van der Waals surface area contributed by atoms with Gasteiger partial charge in [0.2, 0.25) is 5.91 Å². The SMILES string of the molecule is CC(C)CC(=O)Nc1cncc(-c2ccc3[nH]nc(-c4nc5c(N6CCCCC6)cccc5[nH]4)c3c2)c1. The zero-order valence-electron chi connectivity index (χ0n) is 21.2. The van der Waals surface area contributed by atoms with E-state index in [2.05, 4.69) is 54.6 Å². The predicted molar refractivity (Wildman–Crippen MR) is 149 cm³/mol. The molecule has 0 atom stereocenters. The van der Waals surface area contributed by atoms with Crippen LogP contribution in [0.15, 0.2) is 54.9 Å². The molecule has 188 valence electrons. The zero-order chi connectivity index (χ0) is 25.4. The summed E-state index contributed by atoms with van der Waals surface area (Å²) >= 11 is 0. The Morgan fingerprint density at radius 1 is 1.03 bits per heavy atom. The predicted octanol–water partition coefficient (Wildman–Crippen LogP) is 6.14. The van der Waals surface area contributed by atoms with E-state index in [1.54, 1.807) is 6.20 Å². The molecule has 2 aromatic carbocycles. The number of piperidine rings is 1. The molecule has 1 saturated heterocycles. The minimum atomic E-state index is -0.00432. The monoisotopic (exact) mass is 493 g/mol. The first-order chi connectivity index (χ1) is 18.0. The quantitative estimate of drug-likeness (QED) is 0.264. The number of nitrogens with zero attached hydrogens (tertiary/aromatic N) is 4. The first-order valence-corrected chi connectivity index (χ1v) is 13.0. The number of benzene rings is 2. The van der Waals surface area contributed by atoms with Gasteiger partial charge in [-0.1, -0.05) is 26.0 Å². The van der Waals surface area contributed by atoms with Crippen molar-refractivity contribution in [2.75, 3.05) is 23.3 Å². The number of para-hydroxylation sites is 1. The lowest BCUT2D eigenvalue weighted by molar-refractivity contribution is -0.116. The van der Waals surface area contributed by atoms with Crippen molar-refractivity contribution in [3.05, 3.63) is 54.9 Å². The lowest BCUT2D eigenvalue weighted by Gasteiger charge is -2.28. The van der Waals surface area contributed by atoms with Gasteiger partial charge in [0, 0.05) is 36.7 Å². The van der Waals surface area contributed by atoms with Crippen LogP contribution in [0, 0.1) is 5.92 Å². The Morgan fingerprint density at radius 3 is 2.73 bits per heavy atom. The Kier molecular flexibility index (Phi) is 6.08. The van der Waals surface area contributed by atoms with Crippen LogP contribution in [-0.4, -0.2) is 44.1 Å². The Labute approximate surface area is 215 Å². The van der Waals surface area contributed by atoms with E-state index in [0.717, 1.165) is 57.7 Å². The van der Waals surface area contributed by atoms with Gasteiger partial charge in [-0.25, -0.2) is 4.98 Å². The molecule has 0 bridgehead atoms. The molecule has 0 spiro atoms. The Hall–Kier alpha value is -4.20. The molecular weight excluding hydrogens is 462 g/mol. The number of hydrogen-bond acceptors (Lipinski definition) is 5.